The van der Waals surface area contributed by atoms with Gasteiger partial charge in [-0.15, -0.1) is 0 Å². The highest BCUT2D eigenvalue weighted by Crippen LogP contribution is 2.31. The first kappa shape index (κ1) is 22.6. The SMILES string of the molecule is O=C(N/N=C/c1ccccc1C(F)(F)F)C(=O)N/N=C/c1ccccc1C(F)(F)F. The van der Waals surface area contributed by atoms with Gasteiger partial charge in [0.05, 0.1) is 23.6 Å². The van der Waals surface area contributed by atoms with Gasteiger partial charge in [-0.3, -0.25) is 9.59 Å². The van der Waals surface area contributed by atoms with E-state index in [0.29, 0.717) is 12.4 Å². The molecule has 0 aromatic heterocycles. The molecule has 2 aromatic carbocycles. The lowest BCUT2D eigenvalue weighted by Crippen LogP contribution is -2.35. The van der Waals surface area contributed by atoms with Crippen LogP contribution in [0.5, 0.6) is 0 Å². The number of rotatable bonds is 4. The van der Waals surface area contributed by atoms with Gasteiger partial charge in [0, 0.05) is 11.1 Å². The van der Waals surface area contributed by atoms with Gasteiger partial charge in [-0.25, -0.2) is 10.9 Å². The summed E-state index contributed by atoms with van der Waals surface area (Å²) in [6, 6.07) is 8.79. The molecule has 0 atom stereocenters. The second kappa shape index (κ2) is 9.20. The summed E-state index contributed by atoms with van der Waals surface area (Å²) in [5.74, 6) is -2.78. The minimum Gasteiger partial charge on any atom is -0.262 e. The van der Waals surface area contributed by atoms with Crippen molar-refractivity contribution in [3.05, 3.63) is 70.8 Å². The Morgan fingerprint density at radius 2 is 1.00 bits per heavy atom. The summed E-state index contributed by atoms with van der Waals surface area (Å²) in [6.07, 6.45) is -7.91. The third-order valence-electron chi connectivity index (χ3n) is 3.48. The number of nitrogens with zero attached hydrogens (tertiary/aromatic N) is 2. The van der Waals surface area contributed by atoms with Crippen LogP contribution >= 0.6 is 0 Å². The summed E-state index contributed by atoms with van der Waals surface area (Å²) in [7, 11) is 0. The average molecular weight is 430 g/mol. The first-order valence-corrected chi connectivity index (χ1v) is 7.99. The number of benzene rings is 2. The first-order valence-electron chi connectivity index (χ1n) is 7.99. The summed E-state index contributed by atoms with van der Waals surface area (Å²) in [6.45, 7) is 0. The summed E-state index contributed by atoms with van der Waals surface area (Å²) in [5, 5.41) is 6.53. The maximum absolute atomic E-state index is 12.8. The van der Waals surface area contributed by atoms with E-state index >= 15 is 0 Å². The molecule has 2 N–H and O–H groups in total. The number of halogens is 6. The molecule has 30 heavy (non-hydrogen) atoms. The summed E-state index contributed by atoms with van der Waals surface area (Å²) in [5.41, 5.74) is 0.675. The Balaban J connectivity index is 1.98. The molecule has 0 saturated carbocycles. The highest BCUT2D eigenvalue weighted by Gasteiger charge is 2.33. The van der Waals surface area contributed by atoms with Gasteiger partial charge in [0.1, 0.15) is 0 Å². The third-order valence-corrected chi connectivity index (χ3v) is 3.48. The van der Waals surface area contributed by atoms with Crippen LogP contribution in [-0.4, -0.2) is 24.2 Å². The van der Waals surface area contributed by atoms with Crippen molar-refractivity contribution in [3.63, 3.8) is 0 Å². The fraction of sp³-hybridized carbons (Fsp3) is 0.111. The lowest BCUT2D eigenvalue weighted by atomic mass is 10.1. The molecule has 0 aliphatic heterocycles. The molecular formula is C18H12F6N4O2. The molecular weight excluding hydrogens is 418 g/mol. The predicted octanol–water partition coefficient (Wildman–Crippen LogP) is 3.32. The summed E-state index contributed by atoms with van der Waals surface area (Å²) >= 11 is 0. The van der Waals surface area contributed by atoms with E-state index < -0.39 is 35.3 Å². The topological polar surface area (TPSA) is 82.9 Å². The second-order valence-corrected chi connectivity index (χ2v) is 5.57. The third kappa shape index (κ3) is 6.15. The number of hydrogen-bond acceptors (Lipinski definition) is 4. The van der Waals surface area contributed by atoms with Crippen molar-refractivity contribution in [1.29, 1.82) is 0 Å². The molecule has 2 amide bonds. The van der Waals surface area contributed by atoms with E-state index in [1.54, 1.807) is 10.9 Å². The second-order valence-electron chi connectivity index (χ2n) is 5.57. The van der Waals surface area contributed by atoms with Crippen LogP contribution in [-0.2, 0) is 21.9 Å². The molecule has 0 unspecified atom stereocenters. The number of hydrogen-bond donors (Lipinski definition) is 2. The van der Waals surface area contributed by atoms with Crippen molar-refractivity contribution in [1.82, 2.24) is 10.9 Å². The lowest BCUT2D eigenvalue weighted by molar-refractivity contribution is -0.139. The Kier molecular flexibility index (Phi) is 6.93. The highest BCUT2D eigenvalue weighted by molar-refractivity contribution is 6.35. The monoisotopic (exact) mass is 430 g/mol. The molecule has 0 heterocycles. The summed E-state index contributed by atoms with van der Waals surface area (Å²) < 4.78 is 77.1. The minimum absolute atomic E-state index is 0.354. The van der Waals surface area contributed by atoms with Gasteiger partial charge < -0.3 is 0 Å². The van der Waals surface area contributed by atoms with Gasteiger partial charge >= 0.3 is 24.2 Å². The van der Waals surface area contributed by atoms with Gasteiger partial charge in [0.25, 0.3) is 0 Å². The van der Waals surface area contributed by atoms with Crippen LogP contribution in [0.4, 0.5) is 26.3 Å². The van der Waals surface area contributed by atoms with Gasteiger partial charge in [0.15, 0.2) is 0 Å². The molecule has 6 nitrogen and oxygen atoms in total. The quantitative estimate of drug-likeness (QED) is 0.338. The van der Waals surface area contributed by atoms with Crippen molar-refractivity contribution in [2.75, 3.05) is 0 Å². The van der Waals surface area contributed by atoms with Gasteiger partial charge in [0.2, 0.25) is 0 Å². The maximum atomic E-state index is 12.8. The highest BCUT2D eigenvalue weighted by atomic mass is 19.4. The van der Waals surface area contributed by atoms with E-state index in [9.17, 15) is 35.9 Å². The van der Waals surface area contributed by atoms with Crippen LogP contribution in [0.25, 0.3) is 0 Å². The number of carbonyl (C=O) groups excluding carboxylic acids is 2. The average Bonchev–Trinajstić information content (AvgIpc) is 2.67. The molecule has 12 heteroatoms. The van der Waals surface area contributed by atoms with Crippen LogP contribution in [0.3, 0.4) is 0 Å². The molecule has 2 aromatic rings. The minimum atomic E-state index is -4.65. The molecule has 0 aliphatic rings. The van der Waals surface area contributed by atoms with E-state index in [1.165, 1.54) is 24.3 Å². The van der Waals surface area contributed by atoms with Crippen molar-refractivity contribution in [3.8, 4) is 0 Å². The first-order chi connectivity index (χ1) is 14.0. The number of hydrazone groups is 2. The van der Waals surface area contributed by atoms with E-state index in [0.717, 1.165) is 24.3 Å². The van der Waals surface area contributed by atoms with Crippen molar-refractivity contribution < 1.29 is 35.9 Å². The van der Waals surface area contributed by atoms with Crippen molar-refractivity contribution in [2.45, 2.75) is 12.4 Å². The molecule has 0 fully saturated rings. The maximum Gasteiger partial charge on any atom is 0.417 e. The van der Waals surface area contributed by atoms with Gasteiger partial charge in [-0.05, 0) is 12.1 Å². The normalized spacial score (nSPS) is 12.3. The molecule has 0 radical (unpaired) electrons. The zero-order chi connectivity index (χ0) is 22.4. The molecule has 0 saturated heterocycles. The molecule has 158 valence electrons. The largest absolute Gasteiger partial charge is 0.417 e. The summed E-state index contributed by atoms with van der Waals surface area (Å²) in [4.78, 5) is 23.1. The Bertz CT molecular complexity index is 904. The predicted molar refractivity (Wildman–Crippen MR) is 94.4 cm³/mol. The Labute approximate surface area is 165 Å². The smallest absolute Gasteiger partial charge is 0.262 e. The molecule has 0 spiro atoms. The van der Waals surface area contributed by atoms with Crippen LogP contribution in [0.15, 0.2) is 58.7 Å². The van der Waals surface area contributed by atoms with E-state index in [-0.39, 0.29) is 11.1 Å². The standard InChI is InChI=1S/C18H12F6N4O2/c19-17(20,21)13-7-3-1-5-11(13)9-25-27-15(29)16(30)28-26-10-12-6-2-4-8-14(12)18(22,23)24/h1-10H,(H,27,29)(H,28,30)/b25-9+,26-10+. The number of amides is 2. The van der Waals surface area contributed by atoms with E-state index in [1.807, 2.05) is 0 Å². The van der Waals surface area contributed by atoms with Crippen LogP contribution in [0, 0.1) is 0 Å². The Morgan fingerprint density at radius 3 is 1.33 bits per heavy atom. The lowest BCUT2D eigenvalue weighted by Gasteiger charge is -2.09. The number of nitrogens with one attached hydrogen (secondary N) is 2. The Morgan fingerprint density at radius 1 is 0.667 bits per heavy atom. The van der Waals surface area contributed by atoms with Crippen LogP contribution in [0.2, 0.25) is 0 Å². The van der Waals surface area contributed by atoms with E-state index in [4.69, 9.17) is 0 Å². The number of carbonyl (C=O) groups is 2. The van der Waals surface area contributed by atoms with Crippen molar-refractivity contribution in [2.24, 2.45) is 10.2 Å². The van der Waals surface area contributed by atoms with E-state index in [2.05, 4.69) is 10.2 Å². The molecule has 0 aliphatic carbocycles. The van der Waals surface area contributed by atoms with Gasteiger partial charge in [-0.2, -0.15) is 36.5 Å². The molecule has 2 rings (SSSR count). The van der Waals surface area contributed by atoms with Crippen molar-refractivity contribution >= 4 is 24.2 Å². The van der Waals surface area contributed by atoms with Gasteiger partial charge in [-0.1, -0.05) is 36.4 Å². The zero-order valence-corrected chi connectivity index (χ0v) is 14.8. The zero-order valence-electron chi connectivity index (χ0n) is 14.8. The molecule has 0 bridgehead atoms. The fourth-order valence-electron chi connectivity index (χ4n) is 2.16. The number of alkyl halides is 6. The van der Waals surface area contributed by atoms with Crippen LogP contribution in [0.1, 0.15) is 22.3 Å². The van der Waals surface area contributed by atoms with Crippen LogP contribution < -0.4 is 10.9 Å². The fourth-order valence-corrected chi connectivity index (χ4v) is 2.16. The Hall–Kier alpha value is -3.70.